The minimum absolute atomic E-state index is 0.0134. The van der Waals surface area contributed by atoms with Gasteiger partial charge in [0.1, 0.15) is 17.9 Å². The molecule has 3 aliphatic rings. The second kappa shape index (κ2) is 16.2. The lowest BCUT2D eigenvalue weighted by molar-refractivity contribution is 0.137. The van der Waals surface area contributed by atoms with Crippen LogP contribution in [0.5, 0.6) is 5.75 Å². The van der Waals surface area contributed by atoms with Crippen molar-refractivity contribution >= 4 is 50.5 Å². The van der Waals surface area contributed by atoms with Crippen LogP contribution < -0.4 is 9.64 Å². The van der Waals surface area contributed by atoms with E-state index in [2.05, 4.69) is 72.8 Å². The summed E-state index contributed by atoms with van der Waals surface area (Å²) in [5.41, 5.74) is 4.44. The molecule has 1 amide bonds. The first-order valence-corrected chi connectivity index (χ1v) is 20.6. The normalized spacial score (nSPS) is 19.0. The third-order valence-corrected chi connectivity index (χ3v) is 12.2. The number of fused-ring (bicyclic) bond motifs is 3. The molecule has 1 saturated carbocycles. The Morgan fingerprint density at radius 1 is 0.959 bits per heavy atom. The van der Waals surface area contributed by atoms with Gasteiger partial charge in [0.05, 0.1) is 21.9 Å². The predicted molar refractivity (Wildman–Crippen MR) is 206 cm³/mol. The quantitative estimate of drug-likeness (QED) is 0.0836. The monoisotopic (exact) mass is 750 g/mol. The number of likely N-dealkylation sites (tertiary alicyclic amines) is 1. The van der Waals surface area contributed by atoms with Gasteiger partial charge in [-0.3, -0.25) is 0 Å². The van der Waals surface area contributed by atoms with Gasteiger partial charge in [-0.1, -0.05) is 128 Å². The van der Waals surface area contributed by atoms with Gasteiger partial charge in [-0.05, 0) is 69.6 Å². The van der Waals surface area contributed by atoms with Crippen LogP contribution in [-0.2, 0) is 12.0 Å². The summed E-state index contributed by atoms with van der Waals surface area (Å²) in [4.78, 5) is 26.8. The molecule has 266 valence electrons. The van der Waals surface area contributed by atoms with Crippen molar-refractivity contribution in [3.63, 3.8) is 0 Å². The first-order valence-electron chi connectivity index (χ1n) is 18.8. The van der Waals surface area contributed by atoms with E-state index in [1.807, 2.05) is 6.07 Å². The zero-order valence-corrected chi connectivity index (χ0v) is 32.4. The number of benzene rings is 2. The molecule has 1 aliphatic carbocycles. The first-order chi connectivity index (χ1) is 23.7. The summed E-state index contributed by atoms with van der Waals surface area (Å²) in [6.07, 6.45) is 15.5. The number of rotatable bonds is 17. The molecular weight excluding hydrogens is 696 g/mol. The standard InChI is InChI=1S/C40H55BrN4O3S/c1-5-6-7-8-9-10-11-12-13-17-22-49-38-42-35-32(37(43-38)44-24-30-23-29(44)25-45(30)39(46)47)33(40(2,3)4)31(28-20-21-28)34(41)36(35)48-26-27-18-15-14-16-19-27/h14-16,18-19,28-30H,5-13,17,20-26H2,1-4H3,(H,46,47)/t29-,30-/m0/s1. The van der Waals surface area contributed by atoms with Gasteiger partial charge in [-0.15, -0.1) is 0 Å². The molecule has 2 saturated heterocycles. The summed E-state index contributed by atoms with van der Waals surface area (Å²) in [5, 5.41) is 11.7. The number of thioether (sulfide) groups is 1. The summed E-state index contributed by atoms with van der Waals surface area (Å²) in [5.74, 6) is 3.21. The SMILES string of the molecule is CCCCCCCCCCCCSc1nc(N2C[C@@H]3C[C@H]2CN3C(=O)O)c2c(C(C)(C)C)c(C3CC3)c(Br)c(OCc3ccccc3)c2n1. The zero-order valence-electron chi connectivity index (χ0n) is 30.0. The molecule has 6 rings (SSSR count). The highest BCUT2D eigenvalue weighted by molar-refractivity contribution is 9.10. The number of aromatic nitrogens is 2. The summed E-state index contributed by atoms with van der Waals surface area (Å²) in [6.45, 7) is 10.8. The lowest BCUT2D eigenvalue weighted by Crippen LogP contribution is -2.48. The molecule has 0 spiro atoms. The molecule has 2 aliphatic heterocycles. The van der Waals surface area contributed by atoms with Crippen LogP contribution in [0.15, 0.2) is 40.0 Å². The third kappa shape index (κ3) is 8.52. The maximum absolute atomic E-state index is 12.0. The Hall–Kier alpha value is -2.52. The number of carboxylic acid groups (broad SMARTS) is 1. The van der Waals surface area contributed by atoms with Crippen molar-refractivity contribution in [1.82, 2.24) is 14.9 Å². The van der Waals surface area contributed by atoms with E-state index in [0.29, 0.717) is 25.6 Å². The van der Waals surface area contributed by atoms with Crippen molar-refractivity contribution in [1.29, 1.82) is 0 Å². The van der Waals surface area contributed by atoms with Crippen LogP contribution in [0.1, 0.15) is 134 Å². The van der Waals surface area contributed by atoms with Crippen molar-refractivity contribution < 1.29 is 14.6 Å². The molecule has 2 aromatic carbocycles. The molecule has 3 aromatic rings. The van der Waals surface area contributed by atoms with Crippen LogP contribution in [0.25, 0.3) is 10.9 Å². The number of nitrogens with zero attached hydrogens (tertiary/aromatic N) is 4. The molecule has 1 aromatic heterocycles. The molecule has 2 atom stereocenters. The van der Waals surface area contributed by atoms with Gasteiger partial charge in [0, 0.05) is 18.8 Å². The molecule has 7 nitrogen and oxygen atoms in total. The van der Waals surface area contributed by atoms with E-state index in [1.54, 1.807) is 16.7 Å². The maximum Gasteiger partial charge on any atom is 0.407 e. The summed E-state index contributed by atoms with van der Waals surface area (Å²) in [6, 6.07) is 10.4. The highest BCUT2D eigenvalue weighted by Gasteiger charge is 2.47. The summed E-state index contributed by atoms with van der Waals surface area (Å²) in [7, 11) is 0. The highest BCUT2D eigenvalue weighted by atomic mass is 79.9. The van der Waals surface area contributed by atoms with Gasteiger partial charge in [-0.25, -0.2) is 14.8 Å². The zero-order chi connectivity index (χ0) is 34.5. The fourth-order valence-electron chi connectivity index (χ4n) is 7.88. The van der Waals surface area contributed by atoms with Crippen LogP contribution in [-0.4, -0.2) is 57.0 Å². The molecule has 3 fully saturated rings. The van der Waals surface area contributed by atoms with E-state index in [9.17, 15) is 9.90 Å². The van der Waals surface area contributed by atoms with E-state index in [-0.39, 0.29) is 17.5 Å². The fraction of sp³-hybridized carbons (Fsp3) is 0.625. The number of hydrogen-bond donors (Lipinski definition) is 1. The van der Waals surface area contributed by atoms with E-state index < -0.39 is 6.09 Å². The van der Waals surface area contributed by atoms with Crippen molar-refractivity contribution in [2.24, 2.45) is 0 Å². The van der Waals surface area contributed by atoms with Crippen LogP contribution >= 0.6 is 27.7 Å². The average molecular weight is 752 g/mol. The number of amides is 1. The molecule has 3 heterocycles. The molecule has 1 N–H and O–H groups in total. The fourth-order valence-corrected chi connectivity index (χ4v) is 9.54. The summed E-state index contributed by atoms with van der Waals surface area (Å²) < 4.78 is 7.79. The van der Waals surface area contributed by atoms with E-state index >= 15 is 0 Å². The Kier molecular flexibility index (Phi) is 12.0. The maximum atomic E-state index is 12.0. The number of piperazine rings is 1. The minimum Gasteiger partial charge on any atom is -0.485 e. The highest BCUT2D eigenvalue weighted by Crippen LogP contribution is 2.55. The van der Waals surface area contributed by atoms with Gasteiger partial charge in [0.25, 0.3) is 0 Å². The van der Waals surface area contributed by atoms with E-state index in [4.69, 9.17) is 14.7 Å². The number of halogens is 1. The molecule has 0 radical (unpaired) electrons. The van der Waals surface area contributed by atoms with Gasteiger partial charge in [0.2, 0.25) is 0 Å². The minimum atomic E-state index is -0.820. The van der Waals surface area contributed by atoms with E-state index in [0.717, 1.165) is 69.1 Å². The number of ether oxygens (including phenoxy) is 1. The van der Waals surface area contributed by atoms with Gasteiger partial charge >= 0.3 is 6.09 Å². The Morgan fingerprint density at radius 3 is 2.22 bits per heavy atom. The smallest absolute Gasteiger partial charge is 0.407 e. The Bertz CT molecular complexity index is 1590. The van der Waals surface area contributed by atoms with Crippen LogP contribution in [0.3, 0.4) is 0 Å². The number of anilines is 1. The Morgan fingerprint density at radius 2 is 1.63 bits per heavy atom. The third-order valence-electron chi connectivity index (χ3n) is 10.5. The topological polar surface area (TPSA) is 78.8 Å². The van der Waals surface area contributed by atoms with Crippen molar-refractivity contribution in [2.75, 3.05) is 23.7 Å². The average Bonchev–Trinajstić information content (AvgIpc) is 3.71. The lowest BCUT2D eigenvalue weighted by atomic mass is 9.79. The largest absolute Gasteiger partial charge is 0.485 e. The van der Waals surface area contributed by atoms with Crippen LogP contribution in [0.2, 0.25) is 0 Å². The predicted octanol–water partition coefficient (Wildman–Crippen LogP) is 11.1. The van der Waals surface area contributed by atoms with Crippen molar-refractivity contribution in [3.05, 3.63) is 51.5 Å². The first kappa shape index (κ1) is 36.3. The van der Waals surface area contributed by atoms with Gasteiger partial charge in [0.15, 0.2) is 10.9 Å². The molecular formula is C40H55BrN4O3S. The Balaban J connectivity index is 1.33. The summed E-state index contributed by atoms with van der Waals surface area (Å²) >= 11 is 5.83. The number of hydrogen-bond acceptors (Lipinski definition) is 6. The second-order valence-electron chi connectivity index (χ2n) is 15.4. The lowest BCUT2D eigenvalue weighted by Gasteiger charge is -2.36. The van der Waals surface area contributed by atoms with Crippen molar-refractivity contribution in [3.8, 4) is 5.75 Å². The number of unbranched alkanes of at least 4 members (excludes halogenated alkanes) is 9. The molecule has 2 bridgehead atoms. The van der Waals surface area contributed by atoms with E-state index in [1.165, 1.54) is 68.9 Å². The van der Waals surface area contributed by atoms with Crippen LogP contribution in [0, 0.1) is 0 Å². The molecule has 49 heavy (non-hydrogen) atoms. The van der Waals surface area contributed by atoms with Gasteiger partial charge in [-0.2, -0.15) is 0 Å². The Labute approximate surface area is 306 Å². The van der Waals surface area contributed by atoms with Crippen molar-refractivity contribution in [2.45, 2.75) is 146 Å². The second-order valence-corrected chi connectivity index (χ2v) is 17.3. The number of carbonyl (C=O) groups is 1. The molecule has 0 unspecified atom stereocenters. The van der Waals surface area contributed by atoms with Crippen LogP contribution in [0.4, 0.5) is 10.6 Å². The molecule has 9 heteroatoms. The van der Waals surface area contributed by atoms with Gasteiger partial charge < -0.3 is 19.6 Å².